The number of aromatic nitrogens is 1. The molecule has 108 valence electrons. The molecule has 0 saturated carbocycles. The topological polar surface area (TPSA) is 77.7 Å². The third kappa shape index (κ3) is 2.38. The van der Waals surface area contributed by atoms with Gasteiger partial charge in [-0.2, -0.15) is 0 Å². The molecule has 2 aliphatic heterocycles. The van der Waals surface area contributed by atoms with Crippen molar-refractivity contribution in [2.75, 3.05) is 31.2 Å². The number of pyridine rings is 1. The minimum absolute atomic E-state index is 0.0172. The number of halogens is 1. The summed E-state index contributed by atoms with van der Waals surface area (Å²) in [4.78, 5) is 16.6. The van der Waals surface area contributed by atoms with Crippen molar-refractivity contribution in [2.45, 2.75) is 18.6 Å². The van der Waals surface area contributed by atoms with Crippen molar-refractivity contribution < 1.29 is 14.4 Å². The van der Waals surface area contributed by atoms with Gasteiger partial charge in [0.05, 0.1) is 22.6 Å². The molecule has 3 rings (SSSR count). The fraction of sp³-hybridized carbons (Fsp3) is 0.583. The molecule has 2 aliphatic rings. The normalized spacial score (nSPS) is 21.4. The summed E-state index contributed by atoms with van der Waals surface area (Å²) in [6.07, 6.45) is 4.28. The lowest BCUT2D eigenvalue weighted by molar-refractivity contribution is -0.384. The first kappa shape index (κ1) is 13.7. The van der Waals surface area contributed by atoms with Crippen molar-refractivity contribution in [1.82, 2.24) is 4.98 Å². The van der Waals surface area contributed by atoms with Gasteiger partial charge in [-0.25, -0.2) is 0 Å². The summed E-state index contributed by atoms with van der Waals surface area (Å²) < 4.78 is 12.0. The summed E-state index contributed by atoms with van der Waals surface area (Å²) in [7, 11) is 0. The Balaban J connectivity index is 1.83. The minimum Gasteiger partial charge on any atom is -0.365 e. The van der Waals surface area contributed by atoms with E-state index in [9.17, 15) is 10.1 Å². The number of anilines is 1. The van der Waals surface area contributed by atoms with Crippen LogP contribution in [0.2, 0.25) is 0 Å². The highest BCUT2D eigenvalue weighted by Crippen LogP contribution is 2.39. The zero-order valence-electron chi connectivity index (χ0n) is 10.7. The van der Waals surface area contributed by atoms with Crippen molar-refractivity contribution >= 4 is 27.3 Å². The van der Waals surface area contributed by atoms with Crippen LogP contribution in [-0.4, -0.2) is 42.0 Å². The van der Waals surface area contributed by atoms with E-state index in [4.69, 9.17) is 9.47 Å². The Morgan fingerprint density at radius 2 is 1.95 bits per heavy atom. The molecule has 8 heteroatoms. The fourth-order valence-corrected chi connectivity index (χ4v) is 3.29. The average molecular weight is 344 g/mol. The third-order valence-corrected chi connectivity index (χ3v) is 4.29. The fourth-order valence-electron chi connectivity index (χ4n) is 2.72. The van der Waals surface area contributed by atoms with Crippen molar-refractivity contribution in [3.8, 4) is 0 Å². The molecule has 1 aromatic rings. The molecule has 3 heterocycles. The molecule has 0 atom stereocenters. The number of ether oxygens (including phenoxy) is 2. The van der Waals surface area contributed by atoms with Crippen LogP contribution in [0.3, 0.4) is 0 Å². The number of nitro groups is 1. The van der Waals surface area contributed by atoms with Gasteiger partial charge in [-0.1, -0.05) is 0 Å². The highest BCUT2D eigenvalue weighted by atomic mass is 79.9. The standard InChI is InChI=1S/C12H14BrN3O4/c13-9-7-14-8-10(16(17)18)11(9)15-3-1-12(2-4-15)19-5-6-20-12/h7-8H,1-6H2. The van der Waals surface area contributed by atoms with Crippen LogP contribution in [0.15, 0.2) is 16.9 Å². The molecule has 0 aromatic carbocycles. The van der Waals surface area contributed by atoms with Crippen molar-refractivity contribution in [1.29, 1.82) is 0 Å². The predicted octanol–water partition coefficient (Wildman–Crippen LogP) is 2.10. The Labute approximate surface area is 124 Å². The number of hydrogen-bond donors (Lipinski definition) is 0. The first-order valence-electron chi connectivity index (χ1n) is 6.42. The van der Waals surface area contributed by atoms with Crippen LogP contribution in [0.1, 0.15) is 12.8 Å². The minimum atomic E-state index is -0.481. The number of piperidine rings is 1. The SMILES string of the molecule is O=[N+]([O-])c1cncc(Br)c1N1CCC2(CC1)OCCO2. The zero-order valence-corrected chi connectivity index (χ0v) is 12.3. The summed E-state index contributed by atoms with van der Waals surface area (Å²) in [5.41, 5.74) is 0.599. The van der Waals surface area contributed by atoms with Gasteiger partial charge in [-0.05, 0) is 15.9 Å². The number of hydrogen-bond acceptors (Lipinski definition) is 6. The van der Waals surface area contributed by atoms with E-state index in [-0.39, 0.29) is 5.69 Å². The molecule has 0 amide bonds. The highest BCUT2D eigenvalue weighted by Gasteiger charge is 2.41. The van der Waals surface area contributed by atoms with E-state index in [1.165, 1.54) is 6.20 Å². The van der Waals surface area contributed by atoms with Crippen LogP contribution >= 0.6 is 15.9 Å². The lowest BCUT2D eigenvalue weighted by Crippen LogP contribution is -2.45. The van der Waals surface area contributed by atoms with E-state index in [0.717, 1.165) is 0 Å². The van der Waals surface area contributed by atoms with E-state index < -0.39 is 10.7 Å². The summed E-state index contributed by atoms with van der Waals surface area (Å²) in [6.45, 7) is 2.56. The second-order valence-corrected chi connectivity index (χ2v) is 5.70. The molecule has 1 aromatic heterocycles. The molecule has 0 unspecified atom stereocenters. The lowest BCUT2D eigenvalue weighted by atomic mass is 10.0. The molecular formula is C12H14BrN3O4. The molecule has 2 fully saturated rings. The van der Waals surface area contributed by atoms with Crippen LogP contribution in [0.25, 0.3) is 0 Å². The highest BCUT2D eigenvalue weighted by molar-refractivity contribution is 9.10. The quantitative estimate of drug-likeness (QED) is 0.604. The number of nitrogens with zero attached hydrogens (tertiary/aromatic N) is 3. The Hall–Kier alpha value is -1.25. The summed E-state index contributed by atoms with van der Waals surface area (Å²) in [6, 6.07) is 0. The van der Waals surface area contributed by atoms with Crippen LogP contribution in [-0.2, 0) is 9.47 Å². The van der Waals surface area contributed by atoms with Gasteiger partial charge in [-0.15, -0.1) is 0 Å². The van der Waals surface area contributed by atoms with E-state index in [1.54, 1.807) is 6.20 Å². The maximum absolute atomic E-state index is 11.1. The first-order chi connectivity index (χ1) is 9.61. The molecule has 1 spiro atoms. The third-order valence-electron chi connectivity index (χ3n) is 3.71. The second kappa shape index (κ2) is 5.27. The van der Waals surface area contributed by atoms with Crippen molar-refractivity contribution in [2.24, 2.45) is 0 Å². The number of rotatable bonds is 2. The molecule has 20 heavy (non-hydrogen) atoms. The maximum Gasteiger partial charge on any atom is 0.311 e. The smallest absolute Gasteiger partial charge is 0.311 e. The van der Waals surface area contributed by atoms with Crippen LogP contribution < -0.4 is 4.90 Å². The largest absolute Gasteiger partial charge is 0.365 e. The van der Waals surface area contributed by atoms with Crippen LogP contribution in [0.5, 0.6) is 0 Å². The van der Waals surface area contributed by atoms with Gasteiger partial charge in [0.15, 0.2) is 5.79 Å². The van der Waals surface area contributed by atoms with Gasteiger partial charge in [0.25, 0.3) is 0 Å². The lowest BCUT2D eigenvalue weighted by Gasteiger charge is -2.38. The van der Waals surface area contributed by atoms with Gasteiger partial charge in [-0.3, -0.25) is 15.1 Å². The van der Waals surface area contributed by atoms with Crippen LogP contribution in [0.4, 0.5) is 11.4 Å². The monoisotopic (exact) mass is 343 g/mol. The Morgan fingerprint density at radius 1 is 1.30 bits per heavy atom. The summed E-state index contributed by atoms with van der Waals surface area (Å²) in [5.74, 6) is -0.481. The average Bonchev–Trinajstić information content (AvgIpc) is 2.88. The Morgan fingerprint density at radius 3 is 2.55 bits per heavy atom. The Bertz CT molecular complexity index is 523. The van der Waals surface area contributed by atoms with Crippen molar-refractivity contribution in [3.63, 3.8) is 0 Å². The first-order valence-corrected chi connectivity index (χ1v) is 7.21. The van der Waals surface area contributed by atoms with Crippen LogP contribution in [0, 0.1) is 10.1 Å². The molecule has 0 radical (unpaired) electrons. The van der Waals surface area contributed by atoms with E-state index in [2.05, 4.69) is 20.9 Å². The van der Waals surface area contributed by atoms with Gasteiger partial charge >= 0.3 is 5.69 Å². The second-order valence-electron chi connectivity index (χ2n) is 4.84. The predicted molar refractivity (Wildman–Crippen MR) is 74.7 cm³/mol. The van der Waals surface area contributed by atoms with Gasteiger partial charge < -0.3 is 14.4 Å². The van der Waals surface area contributed by atoms with Gasteiger partial charge in [0, 0.05) is 32.1 Å². The summed E-state index contributed by atoms with van der Waals surface area (Å²) >= 11 is 3.35. The van der Waals surface area contributed by atoms with Gasteiger partial charge in [0.1, 0.15) is 11.9 Å². The maximum atomic E-state index is 11.1. The molecule has 0 bridgehead atoms. The van der Waals surface area contributed by atoms with Crippen molar-refractivity contribution in [3.05, 3.63) is 27.0 Å². The molecule has 0 aliphatic carbocycles. The van der Waals surface area contributed by atoms with E-state index in [0.29, 0.717) is 49.3 Å². The van der Waals surface area contributed by atoms with E-state index >= 15 is 0 Å². The molecular weight excluding hydrogens is 330 g/mol. The van der Waals surface area contributed by atoms with Gasteiger partial charge in [0.2, 0.25) is 0 Å². The van der Waals surface area contributed by atoms with E-state index in [1.807, 2.05) is 4.90 Å². The molecule has 0 N–H and O–H groups in total. The molecule has 2 saturated heterocycles. The Kier molecular flexibility index (Phi) is 3.61. The molecule has 7 nitrogen and oxygen atoms in total. The summed E-state index contributed by atoms with van der Waals surface area (Å²) in [5, 5.41) is 11.1. The zero-order chi connectivity index (χ0) is 14.2.